The van der Waals surface area contributed by atoms with Gasteiger partial charge in [0.15, 0.2) is 0 Å². The van der Waals surface area contributed by atoms with Crippen LogP contribution < -0.4 is 0 Å². The molecule has 3 rings (SSSR count). The molecule has 96 valence electrons. The number of hydrogen-bond acceptors (Lipinski definition) is 5. The number of nitriles is 1. The molecule has 1 aromatic carbocycles. The molecular weight excluding hydrogens is 240 g/mol. The minimum absolute atomic E-state index is 0.00394. The number of nitrogens with zero attached hydrogens (tertiary/aromatic N) is 4. The maximum Gasteiger partial charge on any atom is 0.233 e. The lowest BCUT2D eigenvalue weighted by Crippen LogP contribution is -2.34. The van der Waals surface area contributed by atoms with Crippen molar-refractivity contribution in [3.05, 3.63) is 47.2 Å². The first kappa shape index (κ1) is 11.9. The molecule has 0 saturated heterocycles. The molecule has 1 unspecified atom stereocenters. The van der Waals surface area contributed by atoms with Crippen LogP contribution in [-0.4, -0.2) is 21.6 Å². The average Bonchev–Trinajstić information content (AvgIpc) is 2.85. The highest BCUT2D eigenvalue weighted by atomic mass is 16.4. The van der Waals surface area contributed by atoms with E-state index in [1.54, 1.807) is 6.92 Å². The van der Waals surface area contributed by atoms with Gasteiger partial charge in [-0.3, -0.25) is 4.90 Å². The van der Waals surface area contributed by atoms with Gasteiger partial charge in [-0.1, -0.05) is 24.3 Å². The molecule has 5 heteroatoms. The van der Waals surface area contributed by atoms with Crippen LogP contribution in [0.1, 0.15) is 29.0 Å². The van der Waals surface area contributed by atoms with Gasteiger partial charge in [0.2, 0.25) is 11.8 Å². The zero-order valence-electron chi connectivity index (χ0n) is 10.7. The van der Waals surface area contributed by atoms with Crippen molar-refractivity contribution in [2.45, 2.75) is 25.9 Å². The van der Waals surface area contributed by atoms with E-state index in [4.69, 9.17) is 9.68 Å². The molecule has 1 atom stereocenters. The summed E-state index contributed by atoms with van der Waals surface area (Å²) in [7, 11) is 0. The molecule has 5 nitrogen and oxygen atoms in total. The van der Waals surface area contributed by atoms with Gasteiger partial charge in [0.1, 0.15) is 0 Å². The van der Waals surface area contributed by atoms with E-state index < -0.39 is 0 Å². The van der Waals surface area contributed by atoms with E-state index in [-0.39, 0.29) is 6.04 Å². The van der Waals surface area contributed by atoms with Crippen LogP contribution in [0.4, 0.5) is 0 Å². The molecule has 0 fully saturated rings. The molecule has 0 saturated carbocycles. The SMILES string of the molecule is Cc1nnc(C2Cc3ccccc3CN2CC#N)o1. The lowest BCUT2D eigenvalue weighted by Gasteiger charge is -2.33. The van der Waals surface area contributed by atoms with Crippen molar-refractivity contribution in [3.63, 3.8) is 0 Å². The lowest BCUT2D eigenvalue weighted by molar-refractivity contribution is 0.165. The van der Waals surface area contributed by atoms with Crippen LogP contribution in [-0.2, 0) is 13.0 Å². The minimum Gasteiger partial charge on any atom is -0.424 e. The summed E-state index contributed by atoms with van der Waals surface area (Å²) >= 11 is 0. The first-order valence-corrected chi connectivity index (χ1v) is 6.25. The lowest BCUT2D eigenvalue weighted by atomic mass is 9.94. The molecule has 1 aliphatic rings. The second-order valence-electron chi connectivity index (χ2n) is 4.71. The van der Waals surface area contributed by atoms with Crippen molar-refractivity contribution in [2.24, 2.45) is 0 Å². The third-order valence-electron chi connectivity index (χ3n) is 3.45. The van der Waals surface area contributed by atoms with E-state index in [0.717, 1.165) is 13.0 Å². The Bertz CT molecular complexity index is 628. The van der Waals surface area contributed by atoms with Crippen LogP contribution in [0.3, 0.4) is 0 Å². The summed E-state index contributed by atoms with van der Waals surface area (Å²) in [5, 5.41) is 17.0. The summed E-state index contributed by atoms with van der Waals surface area (Å²) in [6.45, 7) is 2.89. The number of fused-ring (bicyclic) bond motifs is 1. The molecule has 0 N–H and O–H groups in total. The molecule has 19 heavy (non-hydrogen) atoms. The van der Waals surface area contributed by atoms with E-state index in [0.29, 0.717) is 18.3 Å². The van der Waals surface area contributed by atoms with Gasteiger partial charge in [-0.25, -0.2) is 0 Å². The molecular formula is C14H14N4O. The third kappa shape index (κ3) is 2.23. The van der Waals surface area contributed by atoms with Crippen molar-refractivity contribution < 1.29 is 4.42 Å². The molecule has 0 radical (unpaired) electrons. The number of aromatic nitrogens is 2. The van der Waals surface area contributed by atoms with Crippen molar-refractivity contribution in [1.82, 2.24) is 15.1 Å². The Kier molecular flexibility index (Phi) is 3.02. The van der Waals surface area contributed by atoms with Crippen LogP contribution in [0.2, 0.25) is 0 Å². The molecule has 0 spiro atoms. The molecule has 0 bridgehead atoms. The maximum absolute atomic E-state index is 8.98. The van der Waals surface area contributed by atoms with Gasteiger partial charge in [-0.2, -0.15) is 5.26 Å². The summed E-state index contributed by atoms with van der Waals surface area (Å²) in [6.07, 6.45) is 0.805. The summed E-state index contributed by atoms with van der Waals surface area (Å²) in [5.74, 6) is 1.16. The predicted molar refractivity (Wildman–Crippen MR) is 67.9 cm³/mol. The zero-order valence-corrected chi connectivity index (χ0v) is 10.7. The van der Waals surface area contributed by atoms with Crippen molar-refractivity contribution in [3.8, 4) is 6.07 Å². The van der Waals surface area contributed by atoms with E-state index in [1.165, 1.54) is 11.1 Å². The van der Waals surface area contributed by atoms with E-state index in [1.807, 2.05) is 12.1 Å². The molecule has 0 aliphatic carbocycles. The molecule has 1 aromatic heterocycles. The number of hydrogen-bond donors (Lipinski definition) is 0. The Morgan fingerprint density at radius 1 is 1.37 bits per heavy atom. The Morgan fingerprint density at radius 3 is 2.84 bits per heavy atom. The molecule has 2 aromatic rings. The topological polar surface area (TPSA) is 66.0 Å². The average molecular weight is 254 g/mol. The van der Waals surface area contributed by atoms with Gasteiger partial charge >= 0.3 is 0 Å². The maximum atomic E-state index is 8.98. The van der Waals surface area contributed by atoms with Crippen LogP contribution in [0.25, 0.3) is 0 Å². The minimum atomic E-state index is -0.00394. The highest BCUT2D eigenvalue weighted by Gasteiger charge is 2.30. The summed E-state index contributed by atoms with van der Waals surface area (Å²) in [4.78, 5) is 2.08. The second kappa shape index (κ2) is 4.82. The Balaban J connectivity index is 1.96. The number of rotatable bonds is 2. The standard InChI is InChI=1S/C14H14N4O/c1-10-16-17-14(19-10)13-8-11-4-2-3-5-12(11)9-18(13)7-6-15/h2-5,13H,7-9H2,1H3. The van der Waals surface area contributed by atoms with Crippen molar-refractivity contribution >= 4 is 0 Å². The molecule has 1 aliphatic heterocycles. The smallest absolute Gasteiger partial charge is 0.233 e. The highest BCUT2D eigenvalue weighted by molar-refractivity contribution is 5.31. The zero-order chi connectivity index (χ0) is 13.2. The van der Waals surface area contributed by atoms with Gasteiger partial charge in [-0.15, -0.1) is 10.2 Å². The quantitative estimate of drug-likeness (QED) is 0.767. The largest absolute Gasteiger partial charge is 0.424 e. The first-order chi connectivity index (χ1) is 9.28. The highest BCUT2D eigenvalue weighted by Crippen LogP contribution is 2.32. The number of aryl methyl sites for hydroxylation is 1. The third-order valence-corrected chi connectivity index (χ3v) is 3.45. The van der Waals surface area contributed by atoms with E-state index >= 15 is 0 Å². The fourth-order valence-electron chi connectivity index (χ4n) is 2.52. The predicted octanol–water partition coefficient (Wildman–Crippen LogP) is 2.00. The van der Waals surface area contributed by atoms with Crippen LogP contribution in [0.15, 0.2) is 28.7 Å². The van der Waals surface area contributed by atoms with Gasteiger partial charge in [-0.05, 0) is 17.5 Å². The summed E-state index contributed by atoms with van der Waals surface area (Å²) < 4.78 is 5.54. The van der Waals surface area contributed by atoms with Crippen molar-refractivity contribution in [1.29, 1.82) is 5.26 Å². The van der Waals surface area contributed by atoms with E-state index in [2.05, 4.69) is 33.3 Å². The summed E-state index contributed by atoms with van der Waals surface area (Å²) in [6, 6.07) is 10.5. The van der Waals surface area contributed by atoms with Gasteiger partial charge in [0.05, 0.1) is 18.7 Å². The van der Waals surface area contributed by atoms with Crippen molar-refractivity contribution in [2.75, 3.05) is 6.54 Å². The number of benzene rings is 1. The van der Waals surface area contributed by atoms with Crippen LogP contribution in [0.5, 0.6) is 0 Å². The normalized spacial score (nSPS) is 18.8. The molecule has 0 amide bonds. The monoisotopic (exact) mass is 254 g/mol. The Labute approximate surface area is 111 Å². The Hall–Kier alpha value is -2.19. The van der Waals surface area contributed by atoms with Crippen LogP contribution in [0, 0.1) is 18.3 Å². The Morgan fingerprint density at radius 2 is 2.16 bits per heavy atom. The molecule has 2 heterocycles. The van der Waals surface area contributed by atoms with Gasteiger partial charge in [0, 0.05) is 13.5 Å². The van der Waals surface area contributed by atoms with E-state index in [9.17, 15) is 0 Å². The summed E-state index contributed by atoms with van der Waals surface area (Å²) in [5.41, 5.74) is 2.56. The van der Waals surface area contributed by atoms with Gasteiger partial charge in [0.25, 0.3) is 0 Å². The first-order valence-electron chi connectivity index (χ1n) is 6.25. The van der Waals surface area contributed by atoms with Gasteiger partial charge < -0.3 is 4.42 Å². The fourth-order valence-corrected chi connectivity index (χ4v) is 2.52. The second-order valence-corrected chi connectivity index (χ2v) is 4.71. The van der Waals surface area contributed by atoms with Crippen LogP contribution >= 0.6 is 0 Å². The fraction of sp³-hybridized carbons (Fsp3) is 0.357.